The van der Waals surface area contributed by atoms with Gasteiger partial charge in [0.25, 0.3) is 0 Å². The largest absolute Gasteiger partial charge is 1.00 e. The fraction of sp³-hybridized carbons (Fsp3) is 0.474. The van der Waals surface area contributed by atoms with Crippen molar-refractivity contribution in [2.75, 3.05) is 0 Å². The van der Waals surface area contributed by atoms with Gasteiger partial charge in [-0.05, 0) is 45.2 Å². The number of nitrogens with two attached hydrogens (primary N) is 1. The molecule has 0 atom stereocenters. The van der Waals surface area contributed by atoms with Gasteiger partial charge in [-0.2, -0.15) is 0 Å². The van der Waals surface area contributed by atoms with Gasteiger partial charge in [-0.1, -0.05) is 65.8 Å². The third-order valence-electron chi connectivity index (χ3n) is 4.27. The van der Waals surface area contributed by atoms with Crippen molar-refractivity contribution >= 4 is 20.9 Å². The van der Waals surface area contributed by atoms with Gasteiger partial charge in [0, 0.05) is 0 Å². The number of rotatable bonds is 4. The van der Waals surface area contributed by atoms with Crippen LogP contribution < -0.4 is 35.5 Å². The Bertz CT molecular complexity index is 846. The Balaban J connectivity index is 0.00000201. The fourth-order valence-corrected chi connectivity index (χ4v) is 4.76. The first-order valence-corrected chi connectivity index (χ1v) is 9.78. The summed E-state index contributed by atoms with van der Waals surface area (Å²) in [5.41, 5.74) is 2.33. The average Bonchev–Trinajstić information content (AvgIpc) is 2.52. The summed E-state index contributed by atoms with van der Waals surface area (Å²) in [6.07, 6.45) is 0. The molecule has 3 N–H and O–H groups in total. The Morgan fingerprint density at radius 3 is 1.46 bits per heavy atom. The zero-order valence-corrected chi connectivity index (χ0v) is 19.5. The predicted molar refractivity (Wildman–Crippen MR) is 100 cm³/mol. The van der Waals surface area contributed by atoms with E-state index in [0.29, 0.717) is 11.1 Å². The first kappa shape index (κ1) is 25.5. The van der Waals surface area contributed by atoms with Gasteiger partial charge in [-0.15, -0.1) is 0 Å². The number of hydrogen-bond acceptors (Lipinski definition) is 5. The molecule has 0 bridgehead atoms. The van der Waals surface area contributed by atoms with E-state index >= 15 is 0 Å². The van der Waals surface area contributed by atoms with Gasteiger partial charge in [0.2, 0.25) is 0 Å². The van der Waals surface area contributed by atoms with Crippen molar-refractivity contribution < 1.29 is 47.7 Å². The van der Waals surface area contributed by atoms with E-state index in [1.54, 1.807) is 0 Å². The standard InChI is InChI=1S/C19H26O3S.H3NO.Na/c1-11(2)16-14-9-7-8-10-15(14)17(12(3)4)19(23(20,21)22)18(16)13(5)6;1-2;/h7-13H,1-6H3,(H,20,21,22);2H,1H2;/q;;+1/p-1. The zero-order valence-electron chi connectivity index (χ0n) is 16.7. The summed E-state index contributed by atoms with van der Waals surface area (Å²) in [6.45, 7) is 11.9. The van der Waals surface area contributed by atoms with Crippen LogP contribution in [0.5, 0.6) is 0 Å². The molecule has 140 valence electrons. The van der Waals surface area contributed by atoms with Crippen LogP contribution in [0.2, 0.25) is 0 Å². The Morgan fingerprint density at radius 1 is 0.808 bits per heavy atom. The third kappa shape index (κ3) is 5.07. The minimum atomic E-state index is -4.55. The van der Waals surface area contributed by atoms with Crippen LogP contribution in [0.1, 0.15) is 76.0 Å². The van der Waals surface area contributed by atoms with E-state index in [1.165, 1.54) is 0 Å². The maximum Gasteiger partial charge on any atom is 1.00 e. The van der Waals surface area contributed by atoms with Crippen LogP contribution in [0.3, 0.4) is 0 Å². The molecule has 0 aromatic heterocycles. The van der Waals surface area contributed by atoms with E-state index in [0.717, 1.165) is 16.3 Å². The summed E-state index contributed by atoms with van der Waals surface area (Å²) in [6, 6.07) is 7.82. The molecule has 0 amide bonds. The van der Waals surface area contributed by atoms with Gasteiger partial charge in [0.1, 0.15) is 10.1 Å². The summed E-state index contributed by atoms with van der Waals surface area (Å²) in [7, 11) is -4.55. The zero-order chi connectivity index (χ0) is 19.5. The monoisotopic (exact) mass is 389 g/mol. The molecule has 26 heavy (non-hydrogen) atoms. The number of hydrogen-bond donors (Lipinski definition) is 2. The summed E-state index contributed by atoms with van der Waals surface area (Å²) < 4.78 is 36.4. The molecule has 2 aromatic rings. The van der Waals surface area contributed by atoms with Gasteiger partial charge >= 0.3 is 29.6 Å². The molecule has 5 nitrogen and oxygen atoms in total. The van der Waals surface area contributed by atoms with Crippen LogP contribution in [-0.2, 0) is 10.1 Å². The van der Waals surface area contributed by atoms with Crippen LogP contribution in [0.4, 0.5) is 0 Å². The van der Waals surface area contributed by atoms with E-state index in [-0.39, 0.29) is 52.2 Å². The van der Waals surface area contributed by atoms with Gasteiger partial charge in [0.15, 0.2) is 0 Å². The summed E-state index contributed by atoms with van der Waals surface area (Å²) in [5.74, 6) is 3.56. The van der Waals surface area contributed by atoms with E-state index in [9.17, 15) is 13.0 Å². The molecule has 2 rings (SSSR count). The van der Waals surface area contributed by atoms with Crippen LogP contribution in [-0.4, -0.2) is 18.2 Å². The average molecular weight is 389 g/mol. The summed E-state index contributed by atoms with van der Waals surface area (Å²) >= 11 is 0. The van der Waals surface area contributed by atoms with Crippen molar-refractivity contribution in [3.05, 3.63) is 41.0 Å². The van der Waals surface area contributed by atoms with Crippen molar-refractivity contribution in [2.24, 2.45) is 5.90 Å². The van der Waals surface area contributed by atoms with Crippen LogP contribution in [0, 0.1) is 0 Å². The Kier molecular flexibility index (Phi) is 9.99. The van der Waals surface area contributed by atoms with Gasteiger partial charge < -0.3 is 9.76 Å². The number of benzene rings is 2. The van der Waals surface area contributed by atoms with Gasteiger partial charge in [-0.25, -0.2) is 14.3 Å². The minimum absolute atomic E-state index is 0. The topological polar surface area (TPSA) is 103 Å². The molecule has 0 aliphatic carbocycles. The first-order chi connectivity index (χ1) is 11.6. The fourth-order valence-electron chi connectivity index (χ4n) is 3.53. The maximum atomic E-state index is 12.1. The summed E-state index contributed by atoms with van der Waals surface area (Å²) in [4.78, 5) is 0.00454. The molecule has 2 aromatic carbocycles. The second-order valence-electron chi connectivity index (χ2n) is 7.03. The van der Waals surface area contributed by atoms with Crippen molar-refractivity contribution in [2.45, 2.75) is 64.2 Å². The van der Waals surface area contributed by atoms with Crippen molar-refractivity contribution in [1.29, 1.82) is 0 Å². The molecule has 0 aliphatic rings. The Morgan fingerprint density at radius 2 is 1.15 bits per heavy atom. The summed E-state index contributed by atoms with van der Waals surface area (Å²) in [5, 5.41) is 8.44. The molecular weight excluding hydrogens is 361 g/mol. The number of fused-ring (bicyclic) bond motifs is 1. The van der Waals surface area contributed by atoms with Gasteiger partial charge in [0.05, 0.1) is 4.90 Å². The van der Waals surface area contributed by atoms with Gasteiger partial charge in [-0.3, -0.25) is 0 Å². The third-order valence-corrected chi connectivity index (χ3v) is 5.21. The van der Waals surface area contributed by atoms with Crippen LogP contribution in [0.15, 0.2) is 29.2 Å². The van der Waals surface area contributed by atoms with Crippen molar-refractivity contribution in [1.82, 2.24) is 0 Å². The van der Waals surface area contributed by atoms with Crippen LogP contribution >= 0.6 is 0 Å². The van der Waals surface area contributed by atoms with Crippen LogP contribution in [0.25, 0.3) is 10.8 Å². The smallest absolute Gasteiger partial charge is 0.744 e. The van der Waals surface area contributed by atoms with E-state index in [4.69, 9.17) is 5.21 Å². The predicted octanol–water partition coefficient (Wildman–Crippen LogP) is 1.45. The molecule has 0 aliphatic heterocycles. The molecule has 0 unspecified atom stereocenters. The van der Waals surface area contributed by atoms with Crippen molar-refractivity contribution in [3.8, 4) is 0 Å². The molecule has 0 saturated heterocycles. The SMILES string of the molecule is CC(C)c1c(S(=O)(=O)[O-])c(C(C)C)c2ccccc2c1C(C)C.NO.[Na+]. The molecule has 0 radical (unpaired) electrons. The normalized spacial score (nSPS) is 11.5. The quantitative estimate of drug-likeness (QED) is 0.468. The molecule has 0 heterocycles. The van der Waals surface area contributed by atoms with E-state index in [1.807, 2.05) is 65.8 Å². The molecule has 0 fully saturated rings. The van der Waals surface area contributed by atoms with E-state index < -0.39 is 10.1 Å². The molecular formula is C19H28NNaO4S. The second kappa shape index (κ2) is 10.2. The maximum absolute atomic E-state index is 12.1. The second-order valence-corrected chi connectivity index (χ2v) is 8.35. The Hall–Kier alpha value is -0.470. The molecule has 0 saturated carbocycles. The van der Waals surface area contributed by atoms with E-state index in [2.05, 4.69) is 5.90 Å². The minimum Gasteiger partial charge on any atom is -0.744 e. The molecule has 7 heteroatoms. The first-order valence-electron chi connectivity index (χ1n) is 8.37. The Labute approximate surface area is 179 Å². The van der Waals surface area contributed by atoms with Crippen molar-refractivity contribution in [3.63, 3.8) is 0 Å². The molecule has 0 spiro atoms.